The summed E-state index contributed by atoms with van der Waals surface area (Å²) in [5.41, 5.74) is 0. The van der Waals surface area contributed by atoms with E-state index in [9.17, 15) is 14.4 Å². The highest BCUT2D eigenvalue weighted by Crippen LogP contribution is 2.16. The van der Waals surface area contributed by atoms with Crippen LogP contribution in [-0.4, -0.2) is 37.2 Å². The van der Waals surface area contributed by atoms with Crippen molar-refractivity contribution in [3.05, 3.63) is 0 Å². The van der Waals surface area contributed by atoms with E-state index in [2.05, 4.69) is 27.7 Å². The highest BCUT2D eigenvalue weighted by Gasteiger charge is 2.19. The molecule has 0 aliphatic rings. The number of hydrogen-bond acceptors (Lipinski definition) is 6. The molecule has 0 aliphatic carbocycles. The van der Waals surface area contributed by atoms with Crippen molar-refractivity contribution in [2.75, 3.05) is 13.2 Å². The summed E-state index contributed by atoms with van der Waals surface area (Å²) in [6.07, 6.45) is 36.9. The molecule has 2 atom stereocenters. The molecule has 0 amide bonds. The van der Waals surface area contributed by atoms with E-state index >= 15 is 0 Å². The van der Waals surface area contributed by atoms with Crippen LogP contribution in [0.15, 0.2) is 0 Å². The lowest BCUT2D eigenvalue weighted by molar-refractivity contribution is -0.167. The van der Waals surface area contributed by atoms with Gasteiger partial charge in [-0.25, -0.2) is 0 Å². The molecule has 1 unspecified atom stereocenters. The van der Waals surface area contributed by atoms with Gasteiger partial charge in [-0.05, 0) is 25.2 Å². The fraction of sp³-hybridized carbons (Fsp3) is 0.932. The van der Waals surface area contributed by atoms with Gasteiger partial charge in [0.25, 0.3) is 0 Å². The molecule has 0 aliphatic heterocycles. The summed E-state index contributed by atoms with van der Waals surface area (Å²) in [4.78, 5) is 37.4. The molecule has 0 saturated carbocycles. The zero-order valence-corrected chi connectivity index (χ0v) is 33.9. The van der Waals surface area contributed by atoms with Gasteiger partial charge in [0.05, 0.1) is 0 Å². The minimum Gasteiger partial charge on any atom is -0.462 e. The molecule has 0 saturated heterocycles. The fourth-order valence-corrected chi connectivity index (χ4v) is 6.42. The molecule has 0 radical (unpaired) electrons. The average Bonchev–Trinajstić information content (AvgIpc) is 3.11. The number of hydrogen-bond donors (Lipinski definition) is 0. The van der Waals surface area contributed by atoms with Crippen LogP contribution in [0.4, 0.5) is 0 Å². The quantitative estimate of drug-likeness (QED) is 0.0359. The zero-order chi connectivity index (χ0) is 36.8. The Morgan fingerprint density at radius 3 is 1.04 bits per heavy atom. The predicted octanol–water partition coefficient (Wildman–Crippen LogP) is 13.6. The molecule has 0 aromatic rings. The second-order valence-electron chi connectivity index (χ2n) is 15.2. The molecular formula is C44H84O6. The van der Waals surface area contributed by atoms with Crippen molar-refractivity contribution in [2.45, 2.75) is 246 Å². The van der Waals surface area contributed by atoms with Gasteiger partial charge in [0.2, 0.25) is 0 Å². The van der Waals surface area contributed by atoms with E-state index in [-0.39, 0.29) is 31.1 Å². The van der Waals surface area contributed by atoms with Gasteiger partial charge in [-0.1, -0.05) is 201 Å². The van der Waals surface area contributed by atoms with Gasteiger partial charge in [-0.3, -0.25) is 14.4 Å². The van der Waals surface area contributed by atoms with Crippen LogP contribution < -0.4 is 0 Å². The lowest BCUT2D eigenvalue weighted by Crippen LogP contribution is -2.30. The molecule has 0 N–H and O–H groups in total. The number of ether oxygens (including phenoxy) is 3. The molecular weight excluding hydrogens is 624 g/mol. The molecule has 0 aromatic carbocycles. The lowest BCUT2D eigenvalue weighted by atomic mass is 10.00. The summed E-state index contributed by atoms with van der Waals surface area (Å²) in [7, 11) is 0. The number of esters is 3. The monoisotopic (exact) mass is 709 g/mol. The number of carbonyl (C=O) groups excluding carboxylic acids is 3. The summed E-state index contributed by atoms with van der Waals surface area (Å²) in [5, 5.41) is 0. The van der Waals surface area contributed by atoms with Crippen LogP contribution >= 0.6 is 0 Å². The van der Waals surface area contributed by atoms with Crippen LogP contribution in [0.25, 0.3) is 0 Å². The standard InChI is InChI=1S/C44H84O6/c1-5-8-10-12-13-14-15-16-17-18-19-20-21-22-23-28-32-36-43(46)49-39-41(38-48-42(45)35-31-26-11-9-6-2)50-44(47)37-33-29-25-24-27-30-34-40(4)7-3/h40-41H,5-39H2,1-4H3/t40?,41-/m0/s1. The first-order valence-electron chi connectivity index (χ1n) is 21.9. The van der Waals surface area contributed by atoms with Crippen molar-refractivity contribution in [2.24, 2.45) is 5.92 Å². The van der Waals surface area contributed by atoms with E-state index in [1.165, 1.54) is 128 Å². The van der Waals surface area contributed by atoms with E-state index in [0.29, 0.717) is 19.3 Å². The Labute approximate surface area is 310 Å². The lowest BCUT2D eigenvalue weighted by Gasteiger charge is -2.18. The van der Waals surface area contributed by atoms with Crippen molar-refractivity contribution < 1.29 is 28.6 Å². The highest BCUT2D eigenvalue weighted by atomic mass is 16.6. The van der Waals surface area contributed by atoms with Crippen LogP contribution in [0.3, 0.4) is 0 Å². The van der Waals surface area contributed by atoms with Crippen molar-refractivity contribution in [3.8, 4) is 0 Å². The molecule has 0 bridgehead atoms. The number of unbranched alkanes of at least 4 members (excludes halogenated alkanes) is 25. The molecule has 6 heteroatoms. The topological polar surface area (TPSA) is 78.9 Å². The van der Waals surface area contributed by atoms with E-state index in [1.54, 1.807) is 0 Å². The van der Waals surface area contributed by atoms with Gasteiger partial charge in [0.1, 0.15) is 13.2 Å². The Bertz CT molecular complexity index is 753. The first-order valence-corrected chi connectivity index (χ1v) is 21.9. The van der Waals surface area contributed by atoms with Crippen LogP contribution in [-0.2, 0) is 28.6 Å². The molecule has 50 heavy (non-hydrogen) atoms. The number of rotatable bonds is 39. The molecule has 0 heterocycles. The average molecular weight is 709 g/mol. The van der Waals surface area contributed by atoms with Gasteiger partial charge in [0.15, 0.2) is 6.10 Å². The Kier molecular flexibility index (Phi) is 37.4. The third kappa shape index (κ3) is 36.2. The van der Waals surface area contributed by atoms with Crippen LogP contribution in [0.5, 0.6) is 0 Å². The third-order valence-electron chi connectivity index (χ3n) is 10.2. The Balaban J connectivity index is 4.15. The maximum Gasteiger partial charge on any atom is 0.306 e. The zero-order valence-electron chi connectivity index (χ0n) is 33.9. The van der Waals surface area contributed by atoms with Crippen molar-refractivity contribution >= 4 is 17.9 Å². The predicted molar refractivity (Wildman–Crippen MR) is 210 cm³/mol. The maximum absolute atomic E-state index is 12.6. The number of carbonyl (C=O) groups is 3. The van der Waals surface area contributed by atoms with E-state index in [1.807, 2.05) is 0 Å². The second kappa shape index (κ2) is 38.6. The van der Waals surface area contributed by atoms with Gasteiger partial charge in [-0.2, -0.15) is 0 Å². The Morgan fingerprint density at radius 1 is 0.400 bits per heavy atom. The van der Waals surface area contributed by atoms with E-state index in [0.717, 1.165) is 70.1 Å². The maximum atomic E-state index is 12.6. The van der Waals surface area contributed by atoms with Gasteiger partial charge in [0, 0.05) is 19.3 Å². The normalized spacial score (nSPS) is 12.5. The molecule has 0 rings (SSSR count). The summed E-state index contributed by atoms with van der Waals surface area (Å²) >= 11 is 0. The van der Waals surface area contributed by atoms with Gasteiger partial charge in [-0.15, -0.1) is 0 Å². The van der Waals surface area contributed by atoms with Crippen molar-refractivity contribution in [1.82, 2.24) is 0 Å². The summed E-state index contributed by atoms with van der Waals surface area (Å²) < 4.78 is 16.6. The molecule has 0 fully saturated rings. The molecule has 296 valence electrons. The van der Waals surface area contributed by atoms with E-state index < -0.39 is 6.10 Å². The SMILES string of the molecule is CCCCCCCCCCCCCCCCCCCC(=O)OC[C@H](COC(=O)CCCCCCC)OC(=O)CCCCCCCCC(C)CC. The minimum atomic E-state index is -0.758. The Morgan fingerprint density at radius 2 is 0.700 bits per heavy atom. The summed E-state index contributed by atoms with van der Waals surface area (Å²) in [5.74, 6) is -0.0642. The van der Waals surface area contributed by atoms with Gasteiger partial charge < -0.3 is 14.2 Å². The van der Waals surface area contributed by atoms with Crippen LogP contribution in [0.2, 0.25) is 0 Å². The first kappa shape index (κ1) is 48.4. The smallest absolute Gasteiger partial charge is 0.306 e. The molecule has 6 nitrogen and oxygen atoms in total. The fourth-order valence-electron chi connectivity index (χ4n) is 6.42. The van der Waals surface area contributed by atoms with Crippen LogP contribution in [0.1, 0.15) is 240 Å². The Hall–Kier alpha value is -1.59. The summed E-state index contributed by atoms with van der Waals surface area (Å²) in [6, 6.07) is 0. The van der Waals surface area contributed by atoms with E-state index in [4.69, 9.17) is 14.2 Å². The highest BCUT2D eigenvalue weighted by molar-refractivity contribution is 5.71. The summed E-state index contributed by atoms with van der Waals surface area (Å²) in [6.45, 7) is 8.88. The molecule has 0 spiro atoms. The molecule has 0 aromatic heterocycles. The second-order valence-corrected chi connectivity index (χ2v) is 15.2. The third-order valence-corrected chi connectivity index (χ3v) is 10.2. The van der Waals surface area contributed by atoms with Crippen LogP contribution in [0, 0.1) is 5.92 Å². The first-order chi connectivity index (χ1) is 24.4. The van der Waals surface area contributed by atoms with Gasteiger partial charge >= 0.3 is 17.9 Å². The van der Waals surface area contributed by atoms with Crippen molar-refractivity contribution in [3.63, 3.8) is 0 Å². The minimum absolute atomic E-state index is 0.0660. The largest absolute Gasteiger partial charge is 0.462 e. The van der Waals surface area contributed by atoms with Crippen molar-refractivity contribution in [1.29, 1.82) is 0 Å².